The van der Waals surface area contributed by atoms with E-state index in [9.17, 15) is 13.2 Å². The highest BCUT2D eigenvalue weighted by Crippen LogP contribution is 2.32. The van der Waals surface area contributed by atoms with Crippen LogP contribution in [0.15, 0.2) is 60.8 Å². The molecule has 0 aliphatic heterocycles. The molecule has 1 unspecified atom stereocenters. The van der Waals surface area contributed by atoms with Gasteiger partial charge in [0.15, 0.2) is 5.75 Å². The van der Waals surface area contributed by atoms with Gasteiger partial charge < -0.3 is 15.0 Å². The fraction of sp³-hybridized carbons (Fsp3) is 0.250. The first-order valence-electron chi connectivity index (χ1n) is 8.50. The van der Waals surface area contributed by atoms with Gasteiger partial charge in [0.05, 0.1) is 0 Å². The zero-order valence-corrected chi connectivity index (χ0v) is 15.0. The van der Waals surface area contributed by atoms with Crippen molar-refractivity contribution in [3.63, 3.8) is 0 Å². The molecule has 0 saturated heterocycles. The van der Waals surface area contributed by atoms with Crippen molar-refractivity contribution >= 4 is 22.3 Å². The lowest BCUT2D eigenvalue weighted by atomic mass is 10.1. The molecule has 0 aliphatic rings. The second-order valence-corrected chi connectivity index (χ2v) is 6.24. The minimum absolute atomic E-state index is 0.158. The molecule has 3 aromatic rings. The third-order valence-corrected chi connectivity index (χ3v) is 4.37. The van der Waals surface area contributed by atoms with Crippen LogP contribution in [-0.2, 0) is 0 Å². The van der Waals surface area contributed by atoms with Gasteiger partial charge in [-0.1, -0.05) is 30.3 Å². The highest BCUT2D eigenvalue weighted by Gasteiger charge is 2.32. The lowest BCUT2D eigenvalue weighted by Crippen LogP contribution is -2.34. The number of rotatable bonds is 6. The molecule has 0 amide bonds. The molecule has 4 nitrogen and oxygen atoms in total. The predicted octanol–water partition coefficient (Wildman–Crippen LogP) is 5.07. The number of alkyl halides is 3. The van der Waals surface area contributed by atoms with E-state index in [1.807, 2.05) is 37.4 Å². The first kappa shape index (κ1) is 18.8. The number of nitrogens with one attached hydrogen (secondary N) is 1. The van der Waals surface area contributed by atoms with Gasteiger partial charge in [-0.15, -0.1) is 13.2 Å². The second kappa shape index (κ2) is 7.73. The summed E-state index contributed by atoms with van der Waals surface area (Å²) in [5, 5.41) is 3.89. The van der Waals surface area contributed by atoms with Crippen LogP contribution in [0.3, 0.4) is 0 Å². The zero-order valence-electron chi connectivity index (χ0n) is 15.0. The SMILES string of the molecule is CC(CNc1ccnc2c(OC(F)(F)F)cccc12)N(C)c1ccccc1. The summed E-state index contributed by atoms with van der Waals surface area (Å²) < 4.78 is 41.9. The van der Waals surface area contributed by atoms with Crippen molar-refractivity contribution in [2.75, 3.05) is 23.8 Å². The standard InChI is InChI=1S/C20H20F3N3O/c1-14(26(2)15-7-4-3-5-8-15)13-25-17-11-12-24-19-16(17)9-6-10-18(19)27-20(21,22)23/h3-12,14H,13H2,1-2H3,(H,24,25). The molecule has 1 atom stereocenters. The molecular formula is C20H20F3N3O. The van der Waals surface area contributed by atoms with Crippen molar-refractivity contribution in [2.24, 2.45) is 0 Å². The number of hydrogen-bond acceptors (Lipinski definition) is 4. The van der Waals surface area contributed by atoms with E-state index in [0.717, 1.165) is 5.69 Å². The van der Waals surface area contributed by atoms with E-state index in [1.54, 1.807) is 12.1 Å². The summed E-state index contributed by atoms with van der Waals surface area (Å²) in [5.41, 5.74) is 1.97. The van der Waals surface area contributed by atoms with Gasteiger partial charge in [0.2, 0.25) is 0 Å². The number of anilines is 2. The summed E-state index contributed by atoms with van der Waals surface area (Å²) in [5.74, 6) is -0.307. The van der Waals surface area contributed by atoms with Crippen LogP contribution in [0, 0.1) is 0 Å². The predicted molar refractivity (Wildman–Crippen MR) is 101 cm³/mol. The lowest BCUT2D eigenvalue weighted by Gasteiger charge is -2.27. The number of nitrogens with zero attached hydrogens (tertiary/aromatic N) is 2. The number of hydrogen-bond donors (Lipinski definition) is 1. The molecule has 142 valence electrons. The van der Waals surface area contributed by atoms with Crippen LogP contribution in [0.1, 0.15) is 6.92 Å². The Labute approximate surface area is 155 Å². The van der Waals surface area contributed by atoms with Gasteiger partial charge in [-0.2, -0.15) is 0 Å². The van der Waals surface area contributed by atoms with Crippen LogP contribution in [0.5, 0.6) is 5.75 Å². The summed E-state index contributed by atoms with van der Waals surface area (Å²) in [6.45, 7) is 2.68. The Balaban J connectivity index is 1.78. The van der Waals surface area contributed by atoms with E-state index >= 15 is 0 Å². The number of halogens is 3. The van der Waals surface area contributed by atoms with Gasteiger partial charge in [-0.05, 0) is 31.2 Å². The molecule has 3 rings (SSSR count). The van der Waals surface area contributed by atoms with Crippen molar-refractivity contribution in [3.05, 3.63) is 60.8 Å². The van der Waals surface area contributed by atoms with Crippen LogP contribution < -0.4 is 15.0 Å². The van der Waals surface area contributed by atoms with Gasteiger partial charge >= 0.3 is 6.36 Å². The van der Waals surface area contributed by atoms with Crippen LogP contribution in [0.2, 0.25) is 0 Å². The molecule has 2 aromatic carbocycles. The normalized spacial score (nSPS) is 12.6. The Morgan fingerprint density at radius 3 is 2.52 bits per heavy atom. The maximum Gasteiger partial charge on any atom is 0.573 e. The molecule has 1 aromatic heterocycles. The molecule has 0 bridgehead atoms. The van der Waals surface area contributed by atoms with Gasteiger partial charge in [0.25, 0.3) is 0 Å². The third-order valence-electron chi connectivity index (χ3n) is 4.37. The number of para-hydroxylation sites is 2. The topological polar surface area (TPSA) is 37.4 Å². The first-order valence-corrected chi connectivity index (χ1v) is 8.50. The maximum absolute atomic E-state index is 12.6. The summed E-state index contributed by atoms with van der Waals surface area (Å²) in [4.78, 5) is 6.19. The van der Waals surface area contributed by atoms with Crippen LogP contribution >= 0.6 is 0 Å². The average molecular weight is 375 g/mol. The highest BCUT2D eigenvalue weighted by molar-refractivity contribution is 5.94. The van der Waals surface area contributed by atoms with Gasteiger partial charge in [-0.25, -0.2) is 0 Å². The smallest absolute Gasteiger partial charge is 0.403 e. The van der Waals surface area contributed by atoms with Crippen LogP contribution in [0.4, 0.5) is 24.5 Å². The van der Waals surface area contributed by atoms with Crippen molar-refractivity contribution in [1.29, 1.82) is 0 Å². The minimum Gasteiger partial charge on any atom is -0.403 e. The van der Waals surface area contributed by atoms with Crippen molar-refractivity contribution in [3.8, 4) is 5.75 Å². The summed E-state index contributed by atoms with van der Waals surface area (Å²) in [6, 6.07) is 16.4. The fourth-order valence-electron chi connectivity index (χ4n) is 2.82. The van der Waals surface area contributed by atoms with E-state index in [1.165, 1.54) is 18.3 Å². The average Bonchev–Trinajstić information content (AvgIpc) is 2.65. The Morgan fingerprint density at radius 2 is 1.81 bits per heavy atom. The lowest BCUT2D eigenvalue weighted by molar-refractivity contribution is -0.274. The molecule has 1 heterocycles. The molecule has 0 aliphatic carbocycles. The summed E-state index contributed by atoms with van der Waals surface area (Å²) >= 11 is 0. The number of benzene rings is 2. The molecule has 0 saturated carbocycles. The molecule has 27 heavy (non-hydrogen) atoms. The Bertz CT molecular complexity index is 900. The van der Waals surface area contributed by atoms with Crippen LogP contribution in [-0.4, -0.2) is 31.0 Å². The number of pyridine rings is 1. The Kier molecular flexibility index (Phi) is 5.39. The fourth-order valence-corrected chi connectivity index (χ4v) is 2.82. The molecule has 1 N–H and O–H groups in total. The van der Waals surface area contributed by atoms with E-state index in [-0.39, 0.29) is 17.3 Å². The number of aromatic nitrogens is 1. The minimum atomic E-state index is -4.76. The highest BCUT2D eigenvalue weighted by atomic mass is 19.4. The number of ether oxygens (including phenoxy) is 1. The van der Waals surface area contributed by atoms with E-state index in [0.29, 0.717) is 17.6 Å². The van der Waals surface area contributed by atoms with Crippen LogP contribution in [0.25, 0.3) is 10.9 Å². The monoisotopic (exact) mass is 375 g/mol. The van der Waals surface area contributed by atoms with E-state index in [2.05, 4.69) is 26.9 Å². The number of likely N-dealkylation sites (N-methyl/N-ethyl adjacent to an activating group) is 1. The molecule has 0 radical (unpaired) electrons. The molecule has 7 heteroatoms. The Hall–Kier alpha value is -2.96. The zero-order chi connectivity index (χ0) is 19.4. The Morgan fingerprint density at radius 1 is 1.07 bits per heavy atom. The van der Waals surface area contributed by atoms with Crippen molar-refractivity contribution < 1.29 is 17.9 Å². The molecule has 0 spiro atoms. The molecular weight excluding hydrogens is 355 g/mol. The van der Waals surface area contributed by atoms with E-state index in [4.69, 9.17) is 0 Å². The maximum atomic E-state index is 12.6. The summed E-state index contributed by atoms with van der Waals surface area (Å²) in [6.07, 6.45) is -3.29. The van der Waals surface area contributed by atoms with Gasteiger partial charge in [-0.3, -0.25) is 4.98 Å². The van der Waals surface area contributed by atoms with Crippen molar-refractivity contribution in [2.45, 2.75) is 19.3 Å². The van der Waals surface area contributed by atoms with Gasteiger partial charge in [0, 0.05) is 42.6 Å². The van der Waals surface area contributed by atoms with Gasteiger partial charge in [0.1, 0.15) is 5.52 Å². The second-order valence-electron chi connectivity index (χ2n) is 6.24. The molecule has 0 fully saturated rings. The first-order chi connectivity index (χ1) is 12.8. The quantitative estimate of drug-likeness (QED) is 0.653. The van der Waals surface area contributed by atoms with E-state index < -0.39 is 6.36 Å². The number of fused-ring (bicyclic) bond motifs is 1. The third kappa shape index (κ3) is 4.61. The van der Waals surface area contributed by atoms with Crippen molar-refractivity contribution in [1.82, 2.24) is 4.98 Å². The summed E-state index contributed by atoms with van der Waals surface area (Å²) in [7, 11) is 2.00. The largest absolute Gasteiger partial charge is 0.573 e.